The molecule has 0 fully saturated rings. The lowest BCUT2D eigenvalue weighted by Crippen LogP contribution is -2.28. The molecule has 0 saturated carbocycles. The van der Waals surface area contributed by atoms with Crippen LogP contribution in [0.5, 0.6) is 11.5 Å². The summed E-state index contributed by atoms with van der Waals surface area (Å²) in [6.45, 7) is 2.65. The first kappa shape index (κ1) is 20.9. The first-order valence-electron chi connectivity index (χ1n) is 9.57. The molecule has 0 spiro atoms. The van der Waals surface area contributed by atoms with E-state index in [-0.39, 0.29) is 18.4 Å². The van der Waals surface area contributed by atoms with Crippen LogP contribution >= 0.6 is 0 Å². The highest BCUT2D eigenvalue weighted by Crippen LogP contribution is 2.26. The number of hydrogen-bond acceptors (Lipinski definition) is 5. The van der Waals surface area contributed by atoms with Crippen LogP contribution in [-0.4, -0.2) is 30.0 Å². The normalized spacial score (nSPS) is 10.2. The predicted octanol–water partition coefficient (Wildman–Crippen LogP) is 3.43. The number of aromatic nitrogens is 1. The van der Waals surface area contributed by atoms with Crippen molar-refractivity contribution in [2.75, 3.05) is 18.5 Å². The van der Waals surface area contributed by atoms with E-state index < -0.39 is 0 Å². The van der Waals surface area contributed by atoms with Crippen molar-refractivity contribution in [3.8, 4) is 11.5 Å². The summed E-state index contributed by atoms with van der Waals surface area (Å²) in [6.07, 6.45) is 3.12. The minimum atomic E-state index is -0.241. The molecule has 154 valence electrons. The second kappa shape index (κ2) is 10.6. The van der Waals surface area contributed by atoms with Crippen molar-refractivity contribution in [2.45, 2.75) is 13.5 Å². The highest BCUT2D eigenvalue weighted by molar-refractivity contribution is 6.04. The number of nitrogens with zero attached hydrogens (tertiary/aromatic N) is 1. The second-order valence-corrected chi connectivity index (χ2v) is 6.34. The van der Waals surface area contributed by atoms with Crippen molar-refractivity contribution in [1.29, 1.82) is 0 Å². The monoisotopic (exact) mass is 405 g/mol. The summed E-state index contributed by atoms with van der Waals surface area (Å²) in [5, 5.41) is 5.61. The molecule has 3 aromatic rings. The Hall–Kier alpha value is -3.87. The molecule has 1 aromatic heterocycles. The number of ether oxygens (including phenoxy) is 2. The first-order valence-corrected chi connectivity index (χ1v) is 9.57. The lowest BCUT2D eigenvalue weighted by molar-refractivity contribution is -0.123. The van der Waals surface area contributed by atoms with E-state index in [9.17, 15) is 9.59 Å². The van der Waals surface area contributed by atoms with Gasteiger partial charge in [-0.3, -0.25) is 14.6 Å². The fourth-order valence-electron chi connectivity index (χ4n) is 2.65. The van der Waals surface area contributed by atoms with Crippen molar-refractivity contribution in [3.05, 3.63) is 84.2 Å². The van der Waals surface area contributed by atoms with E-state index in [1.54, 1.807) is 42.6 Å². The third kappa shape index (κ3) is 6.07. The third-order valence-electron chi connectivity index (χ3n) is 4.13. The summed E-state index contributed by atoms with van der Waals surface area (Å²) >= 11 is 0. The molecule has 0 saturated heterocycles. The molecule has 7 heteroatoms. The van der Waals surface area contributed by atoms with Gasteiger partial charge in [0.1, 0.15) is 0 Å². The van der Waals surface area contributed by atoms with Gasteiger partial charge in [0.05, 0.1) is 12.2 Å². The lowest BCUT2D eigenvalue weighted by atomic mass is 10.2. The van der Waals surface area contributed by atoms with Crippen molar-refractivity contribution in [3.63, 3.8) is 0 Å². The number of rotatable bonds is 9. The Balaban J connectivity index is 1.46. The third-order valence-corrected chi connectivity index (χ3v) is 4.13. The molecular weight excluding hydrogens is 382 g/mol. The number of nitrogens with one attached hydrogen (secondary N) is 2. The highest BCUT2D eigenvalue weighted by atomic mass is 16.5. The van der Waals surface area contributed by atoms with Gasteiger partial charge in [-0.25, -0.2) is 0 Å². The van der Waals surface area contributed by atoms with Gasteiger partial charge >= 0.3 is 0 Å². The summed E-state index contributed by atoms with van der Waals surface area (Å²) in [7, 11) is 0. The average Bonchev–Trinajstić information content (AvgIpc) is 2.79. The Morgan fingerprint density at radius 1 is 0.933 bits per heavy atom. The second-order valence-electron chi connectivity index (χ2n) is 6.34. The molecule has 0 atom stereocenters. The zero-order valence-corrected chi connectivity index (χ0v) is 16.6. The Kier molecular flexibility index (Phi) is 7.38. The van der Waals surface area contributed by atoms with E-state index in [0.29, 0.717) is 35.9 Å². The van der Waals surface area contributed by atoms with Gasteiger partial charge in [-0.05, 0) is 48.9 Å². The zero-order valence-electron chi connectivity index (χ0n) is 16.6. The van der Waals surface area contributed by atoms with Gasteiger partial charge in [0, 0.05) is 24.6 Å². The molecule has 0 aliphatic heterocycles. The number of benzene rings is 2. The van der Waals surface area contributed by atoms with E-state index in [1.165, 1.54) is 6.20 Å². The van der Waals surface area contributed by atoms with Crippen LogP contribution in [0.1, 0.15) is 22.8 Å². The Morgan fingerprint density at radius 2 is 1.67 bits per heavy atom. The highest BCUT2D eigenvalue weighted by Gasteiger charge is 2.08. The number of carbonyl (C=O) groups is 2. The van der Waals surface area contributed by atoms with E-state index >= 15 is 0 Å². The molecule has 0 radical (unpaired) electrons. The van der Waals surface area contributed by atoms with Crippen molar-refractivity contribution >= 4 is 17.5 Å². The van der Waals surface area contributed by atoms with Gasteiger partial charge in [0.25, 0.3) is 11.8 Å². The smallest absolute Gasteiger partial charge is 0.258 e. The fraction of sp³-hybridized carbons (Fsp3) is 0.174. The van der Waals surface area contributed by atoms with Crippen LogP contribution in [0, 0.1) is 0 Å². The van der Waals surface area contributed by atoms with E-state index in [0.717, 1.165) is 5.56 Å². The summed E-state index contributed by atoms with van der Waals surface area (Å²) < 4.78 is 11.0. The summed E-state index contributed by atoms with van der Waals surface area (Å²) in [5.41, 5.74) is 2.05. The van der Waals surface area contributed by atoms with Gasteiger partial charge in [-0.2, -0.15) is 0 Å². The van der Waals surface area contributed by atoms with Crippen LogP contribution in [0.25, 0.3) is 0 Å². The molecule has 1 heterocycles. The van der Waals surface area contributed by atoms with Crippen LogP contribution < -0.4 is 20.1 Å². The van der Waals surface area contributed by atoms with Gasteiger partial charge in [0.15, 0.2) is 18.1 Å². The van der Waals surface area contributed by atoms with Crippen LogP contribution in [0.15, 0.2) is 73.1 Å². The van der Waals surface area contributed by atoms with Gasteiger partial charge in [0.2, 0.25) is 0 Å². The van der Waals surface area contributed by atoms with Gasteiger partial charge in [-0.15, -0.1) is 0 Å². The number of hydrogen-bond donors (Lipinski definition) is 2. The molecule has 0 unspecified atom stereocenters. The van der Waals surface area contributed by atoms with Crippen molar-refractivity contribution in [1.82, 2.24) is 10.3 Å². The van der Waals surface area contributed by atoms with Gasteiger partial charge in [-0.1, -0.05) is 24.3 Å². The number of carbonyl (C=O) groups excluding carboxylic acids is 2. The molecule has 0 aliphatic rings. The zero-order chi connectivity index (χ0) is 21.2. The molecule has 2 aromatic carbocycles. The maximum absolute atomic E-state index is 12.1. The number of pyridine rings is 1. The number of para-hydroxylation sites is 2. The van der Waals surface area contributed by atoms with Gasteiger partial charge < -0.3 is 20.1 Å². The quantitative estimate of drug-likeness (QED) is 0.569. The predicted molar refractivity (Wildman–Crippen MR) is 114 cm³/mol. The summed E-state index contributed by atoms with van der Waals surface area (Å²) in [6, 6.07) is 17.9. The Bertz CT molecular complexity index is 975. The molecule has 0 aliphatic carbocycles. The maximum Gasteiger partial charge on any atom is 0.258 e. The van der Waals surface area contributed by atoms with Crippen LogP contribution in [0.2, 0.25) is 0 Å². The molecule has 2 N–H and O–H groups in total. The minimum Gasteiger partial charge on any atom is -0.490 e. The average molecular weight is 405 g/mol. The van der Waals surface area contributed by atoms with E-state index in [4.69, 9.17) is 9.47 Å². The van der Waals surface area contributed by atoms with Crippen LogP contribution in [-0.2, 0) is 11.3 Å². The maximum atomic E-state index is 12.1. The molecule has 30 heavy (non-hydrogen) atoms. The minimum absolute atomic E-state index is 0.108. The Labute approximate surface area is 175 Å². The van der Waals surface area contributed by atoms with Crippen LogP contribution in [0.3, 0.4) is 0 Å². The summed E-state index contributed by atoms with van der Waals surface area (Å²) in [4.78, 5) is 28.2. The molecule has 0 bridgehead atoms. The SMILES string of the molecule is CCOc1ccccc1OCC(=O)NCc1ccc(NC(=O)c2cccnc2)cc1. The number of anilines is 1. The molecule has 2 amide bonds. The van der Waals surface area contributed by atoms with Crippen molar-refractivity contribution < 1.29 is 19.1 Å². The largest absolute Gasteiger partial charge is 0.490 e. The molecular formula is C23H23N3O4. The summed E-state index contributed by atoms with van der Waals surface area (Å²) in [5.74, 6) is 0.670. The molecule has 7 nitrogen and oxygen atoms in total. The number of amides is 2. The Morgan fingerprint density at radius 3 is 2.33 bits per heavy atom. The molecule has 3 rings (SSSR count). The van der Waals surface area contributed by atoms with Crippen LogP contribution in [0.4, 0.5) is 5.69 Å². The van der Waals surface area contributed by atoms with E-state index in [1.807, 2.05) is 31.2 Å². The van der Waals surface area contributed by atoms with Crippen molar-refractivity contribution in [2.24, 2.45) is 0 Å². The topological polar surface area (TPSA) is 89.5 Å². The lowest BCUT2D eigenvalue weighted by Gasteiger charge is -2.12. The first-order chi connectivity index (χ1) is 14.7. The fourth-order valence-corrected chi connectivity index (χ4v) is 2.65. The van der Waals surface area contributed by atoms with E-state index in [2.05, 4.69) is 15.6 Å². The standard InChI is InChI=1S/C23H23N3O4/c1-2-29-20-7-3-4-8-21(20)30-16-22(27)25-14-17-9-11-19(12-10-17)26-23(28)18-6-5-13-24-15-18/h3-13,15H,2,14,16H2,1H3,(H,25,27)(H,26,28).